The largest absolute Gasteiger partial charge is 0.492 e. The van der Waals surface area contributed by atoms with E-state index in [2.05, 4.69) is 35.7 Å². The standard InChI is InChI=1S/C20H19Cl2NO/c1-2-24-17-11-5-8-14-12-6-3-7-13(12)19(23-20(14)17)15-9-4-10-16(21)18(15)22/h3-6,8-13,19,23H,2,7H2,1H3/t12-,13-,19-/m0/s1. The van der Waals surface area contributed by atoms with Gasteiger partial charge in [-0.05, 0) is 42.5 Å². The quantitative estimate of drug-likeness (QED) is 0.656. The molecule has 124 valence electrons. The van der Waals surface area contributed by atoms with Crippen LogP contribution in [0.25, 0.3) is 0 Å². The smallest absolute Gasteiger partial charge is 0.142 e. The molecule has 2 nitrogen and oxygen atoms in total. The van der Waals surface area contributed by atoms with Crippen molar-refractivity contribution in [3.8, 4) is 5.75 Å². The van der Waals surface area contributed by atoms with Crippen molar-refractivity contribution < 1.29 is 4.74 Å². The summed E-state index contributed by atoms with van der Waals surface area (Å²) in [5.74, 6) is 1.71. The van der Waals surface area contributed by atoms with Crippen LogP contribution in [0, 0.1) is 5.92 Å². The molecule has 1 heterocycles. The highest BCUT2D eigenvalue weighted by Crippen LogP contribution is 2.53. The number of rotatable bonds is 3. The molecular weight excluding hydrogens is 341 g/mol. The van der Waals surface area contributed by atoms with E-state index in [4.69, 9.17) is 27.9 Å². The number of hydrogen-bond acceptors (Lipinski definition) is 2. The Morgan fingerprint density at radius 2 is 1.92 bits per heavy atom. The minimum Gasteiger partial charge on any atom is -0.492 e. The Labute approximate surface area is 152 Å². The Morgan fingerprint density at radius 3 is 2.75 bits per heavy atom. The van der Waals surface area contributed by atoms with E-state index in [1.165, 1.54) is 5.56 Å². The van der Waals surface area contributed by atoms with Crippen molar-refractivity contribution >= 4 is 28.9 Å². The highest BCUT2D eigenvalue weighted by atomic mass is 35.5. The molecule has 0 fully saturated rings. The zero-order chi connectivity index (χ0) is 16.7. The van der Waals surface area contributed by atoms with E-state index in [-0.39, 0.29) is 6.04 Å². The van der Waals surface area contributed by atoms with Gasteiger partial charge in [-0.2, -0.15) is 0 Å². The minimum atomic E-state index is 0.116. The van der Waals surface area contributed by atoms with Gasteiger partial charge in [0.05, 0.1) is 28.4 Å². The number of fused-ring (bicyclic) bond motifs is 3. The normalized spacial score (nSPS) is 24.2. The van der Waals surface area contributed by atoms with Crippen LogP contribution in [0.1, 0.15) is 36.4 Å². The molecular formula is C20H19Cl2NO. The SMILES string of the molecule is CCOc1cccc2c1N[C@H](c1cccc(Cl)c1Cl)[C@H]1CC=C[C@H]21. The van der Waals surface area contributed by atoms with Crippen molar-refractivity contribution in [1.29, 1.82) is 0 Å². The van der Waals surface area contributed by atoms with Gasteiger partial charge < -0.3 is 10.1 Å². The van der Waals surface area contributed by atoms with E-state index in [9.17, 15) is 0 Å². The molecule has 0 bridgehead atoms. The third kappa shape index (κ3) is 2.49. The van der Waals surface area contributed by atoms with Crippen LogP contribution >= 0.6 is 23.2 Å². The van der Waals surface area contributed by atoms with Crippen LogP contribution in [-0.4, -0.2) is 6.61 Å². The highest BCUT2D eigenvalue weighted by Gasteiger charge is 2.39. The molecule has 4 heteroatoms. The van der Waals surface area contributed by atoms with Crippen molar-refractivity contribution in [3.05, 3.63) is 69.7 Å². The maximum Gasteiger partial charge on any atom is 0.142 e. The van der Waals surface area contributed by atoms with E-state index >= 15 is 0 Å². The summed E-state index contributed by atoms with van der Waals surface area (Å²) in [7, 11) is 0. The van der Waals surface area contributed by atoms with Crippen LogP contribution in [0.4, 0.5) is 5.69 Å². The summed E-state index contributed by atoms with van der Waals surface area (Å²) in [6.45, 7) is 2.65. The zero-order valence-electron chi connectivity index (χ0n) is 13.4. The van der Waals surface area contributed by atoms with E-state index in [0.717, 1.165) is 23.4 Å². The second-order valence-electron chi connectivity index (χ2n) is 6.27. The van der Waals surface area contributed by atoms with E-state index in [1.54, 1.807) is 0 Å². The average molecular weight is 360 g/mol. The first-order chi connectivity index (χ1) is 11.7. The Hall–Kier alpha value is -1.64. The minimum absolute atomic E-state index is 0.116. The maximum absolute atomic E-state index is 6.52. The average Bonchev–Trinajstić information content (AvgIpc) is 3.07. The third-order valence-corrected chi connectivity index (χ3v) is 5.81. The monoisotopic (exact) mass is 359 g/mol. The molecule has 1 aliphatic carbocycles. The summed E-state index contributed by atoms with van der Waals surface area (Å²) >= 11 is 12.8. The predicted molar refractivity (Wildman–Crippen MR) is 100 cm³/mol. The fourth-order valence-electron chi connectivity index (χ4n) is 3.94. The van der Waals surface area contributed by atoms with Crippen molar-refractivity contribution in [2.24, 2.45) is 5.92 Å². The molecule has 0 amide bonds. The summed E-state index contributed by atoms with van der Waals surface area (Å²) in [5, 5.41) is 4.94. The number of allylic oxidation sites excluding steroid dienone is 2. The number of halogens is 2. The molecule has 0 radical (unpaired) electrons. The number of ether oxygens (including phenoxy) is 1. The second-order valence-corrected chi connectivity index (χ2v) is 7.06. The fraction of sp³-hybridized carbons (Fsp3) is 0.300. The second kappa shape index (κ2) is 6.34. The molecule has 0 saturated heterocycles. The number of anilines is 1. The first-order valence-corrected chi connectivity index (χ1v) is 9.09. The Balaban J connectivity index is 1.83. The fourth-order valence-corrected chi connectivity index (χ4v) is 4.36. The van der Waals surface area contributed by atoms with Gasteiger partial charge in [0.1, 0.15) is 5.75 Å². The Bertz CT molecular complexity index is 802. The van der Waals surface area contributed by atoms with Crippen molar-refractivity contribution in [2.75, 3.05) is 11.9 Å². The summed E-state index contributed by atoms with van der Waals surface area (Å²) in [6.07, 6.45) is 5.61. The predicted octanol–water partition coefficient (Wildman–Crippen LogP) is 6.22. The van der Waals surface area contributed by atoms with E-state index < -0.39 is 0 Å². The van der Waals surface area contributed by atoms with Gasteiger partial charge in [0.15, 0.2) is 0 Å². The van der Waals surface area contributed by atoms with Crippen molar-refractivity contribution in [3.63, 3.8) is 0 Å². The van der Waals surface area contributed by atoms with Crippen LogP contribution in [0.2, 0.25) is 10.0 Å². The summed E-state index contributed by atoms with van der Waals surface area (Å²) in [5.41, 5.74) is 3.43. The van der Waals surface area contributed by atoms with Gasteiger partial charge in [0.25, 0.3) is 0 Å². The molecule has 2 aromatic carbocycles. The first kappa shape index (κ1) is 15.9. The number of benzene rings is 2. The molecule has 0 aromatic heterocycles. The molecule has 1 N–H and O–H groups in total. The highest BCUT2D eigenvalue weighted by molar-refractivity contribution is 6.42. The Kier molecular flexibility index (Phi) is 4.19. The van der Waals surface area contributed by atoms with Crippen LogP contribution in [0.3, 0.4) is 0 Å². The Morgan fingerprint density at radius 1 is 1.12 bits per heavy atom. The van der Waals surface area contributed by atoms with Gasteiger partial charge in [0.2, 0.25) is 0 Å². The number of hydrogen-bond donors (Lipinski definition) is 1. The van der Waals surface area contributed by atoms with E-state index in [1.807, 2.05) is 25.1 Å². The van der Waals surface area contributed by atoms with E-state index in [0.29, 0.717) is 28.5 Å². The molecule has 24 heavy (non-hydrogen) atoms. The molecule has 0 unspecified atom stereocenters. The van der Waals surface area contributed by atoms with Crippen LogP contribution in [-0.2, 0) is 0 Å². The summed E-state index contributed by atoms with van der Waals surface area (Å²) < 4.78 is 5.85. The van der Waals surface area contributed by atoms with Gasteiger partial charge in [0, 0.05) is 5.92 Å². The molecule has 0 spiro atoms. The summed E-state index contributed by atoms with van der Waals surface area (Å²) in [6, 6.07) is 12.3. The van der Waals surface area contributed by atoms with Gasteiger partial charge in [-0.3, -0.25) is 0 Å². The van der Waals surface area contributed by atoms with Gasteiger partial charge in [-0.15, -0.1) is 0 Å². The molecule has 2 aliphatic rings. The van der Waals surface area contributed by atoms with Gasteiger partial charge >= 0.3 is 0 Å². The lowest BCUT2D eigenvalue weighted by Crippen LogP contribution is -2.29. The van der Waals surface area contributed by atoms with Crippen LogP contribution in [0.15, 0.2) is 48.6 Å². The van der Waals surface area contributed by atoms with Crippen LogP contribution < -0.4 is 10.1 Å². The summed E-state index contributed by atoms with van der Waals surface area (Å²) in [4.78, 5) is 0. The van der Waals surface area contributed by atoms with Gasteiger partial charge in [-0.1, -0.05) is 59.6 Å². The third-order valence-electron chi connectivity index (χ3n) is 4.97. The molecule has 0 saturated carbocycles. The van der Waals surface area contributed by atoms with Crippen LogP contribution in [0.5, 0.6) is 5.75 Å². The zero-order valence-corrected chi connectivity index (χ0v) is 14.9. The topological polar surface area (TPSA) is 21.3 Å². The lowest BCUT2D eigenvalue weighted by atomic mass is 9.77. The lowest BCUT2D eigenvalue weighted by molar-refractivity contribution is 0.337. The molecule has 1 aliphatic heterocycles. The lowest BCUT2D eigenvalue weighted by Gasteiger charge is -2.38. The number of para-hydroxylation sites is 1. The molecule has 3 atom stereocenters. The first-order valence-electron chi connectivity index (χ1n) is 8.33. The van der Waals surface area contributed by atoms with Crippen molar-refractivity contribution in [1.82, 2.24) is 0 Å². The van der Waals surface area contributed by atoms with Gasteiger partial charge in [-0.25, -0.2) is 0 Å². The molecule has 2 aromatic rings. The van der Waals surface area contributed by atoms with Crippen molar-refractivity contribution in [2.45, 2.75) is 25.3 Å². The number of nitrogens with one attached hydrogen (secondary N) is 1. The maximum atomic E-state index is 6.52. The molecule has 4 rings (SSSR count).